The van der Waals surface area contributed by atoms with Gasteiger partial charge in [-0.05, 0) is 49.4 Å². The van der Waals surface area contributed by atoms with Crippen molar-refractivity contribution in [2.45, 2.75) is 45.1 Å². The highest BCUT2D eigenvalue weighted by Crippen LogP contribution is 2.30. The summed E-state index contributed by atoms with van der Waals surface area (Å²) in [5, 5.41) is 3.55. The van der Waals surface area contributed by atoms with Gasteiger partial charge in [0, 0.05) is 10.5 Å². The van der Waals surface area contributed by atoms with Crippen molar-refractivity contribution < 1.29 is 4.39 Å². The minimum atomic E-state index is -0.167. The van der Waals surface area contributed by atoms with E-state index in [0.29, 0.717) is 6.04 Å². The van der Waals surface area contributed by atoms with Crippen molar-refractivity contribution in [2.75, 3.05) is 6.54 Å². The van der Waals surface area contributed by atoms with E-state index in [-0.39, 0.29) is 5.82 Å². The molecular weight excluding hydrogens is 293 g/mol. The number of halogens is 2. The van der Waals surface area contributed by atoms with E-state index < -0.39 is 0 Å². The lowest BCUT2D eigenvalue weighted by Gasteiger charge is -2.30. The van der Waals surface area contributed by atoms with Crippen LogP contribution in [0.25, 0.3) is 0 Å². The SMILES string of the molecule is CCNC1CCCC(Cc2ccc(F)cc2Br)C1. The maximum Gasteiger partial charge on any atom is 0.124 e. The Morgan fingerprint density at radius 3 is 2.94 bits per heavy atom. The highest BCUT2D eigenvalue weighted by Gasteiger charge is 2.22. The second-order valence-corrected chi connectivity index (χ2v) is 6.08. The van der Waals surface area contributed by atoms with Gasteiger partial charge in [0.2, 0.25) is 0 Å². The fourth-order valence-electron chi connectivity index (χ4n) is 2.95. The molecule has 2 atom stereocenters. The molecule has 0 saturated heterocycles. The summed E-state index contributed by atoms with van der Waals surface area (Å²) in [5.74, 6) is 0.560. The molecule has 1 aliphatic rings. The molecule has 0 amide bonds. The van der Waals surface area contributed by atoms with Gasteiger partial charge >= 0.3 is 0 Å². The molecule has 0 spiro atoms. The van der Waals surface area contributed by atoms with Gasteiger partial charge < -0.3 is 5.32 Å². The van der Waals surface area contributed by atoms with Crippen LogP contribution in [0.2, 0.25) is 0 Å². The van der Waals surface area contributed by atoms with E-state index in [1.165, 1.54) is 31.2 Å². The molecule has 1 N–H and O–H groups in total. The lowest BCUT2D eigenvalue weighted by molar-refractivity contribution is 0.287. The zero-order valence-corrected chi connectivity index (χ0v) is 12.5. The third-order valence-corrected chi connectivity index (χ3v) is 4.54. The van der Waals surface area contributed by atoms with Crippen LogP contribution in [0.1, 0.15) is 38.2 Å². The summed E-state index contributed by atoms with van der Waals surface area (Å²) in [6.45, 7) is 3.22. The predicted molar refractivity (Wildman–Crippen MR) is 77.2 cm³/mol. The van der Waals surface area contributed by atoms with E-state index in [9.17, 15) is 4.39 Å². The molecule has 1 aliphatic carbocycles. The van der Waals surface area contributed by atoms with E-state index >= 15 is 0 Å². The molecule has 1 nitrogen and oxygen atoms in total. The van der Waals surface area contributed by atoms with Crippen LogP contribution >= 0.6 is 15.9 Å². The van der Waals surface area contributed by atoms with Crippen LogP contribution in [0.3, 0.4) is 0 Å². The molecule has 100 valence electrons. The Morgan fingerprint density at radius 1 is 1.39 bits per heavy atom. The van der Waals surface area contributed by atoms with Gasteiger partial charge in [-0.15, -0.1) is 0 Å². The lowest BCUT2D eigenvalue weighted by atomic mass is 9.82. The standard InChI is InChI=1S/C15H21BrFN/c1-2-18-14-5-3-4-11(9-14)8-12-6-7-13(17)10-15(12)16/h6-7,10-11,14,18H,2-5,8-9H2,1H3. The van der Waals surface area contributed by atoms with Gasteiger partial charge in [-0.3, -0.25) is 0 Å². The van der Waals surface area contributed by atoms with E-state index in [4.69, 9.17) is 0 Å². The fourth-order valence-corrected chi connectivity index (χ4v) is 3.46. The molecule has 18 heavy (non-hydrogen) atoms. The molecule has 0 aromatic heterocycles. The van der Waals surface area contributed by atoms with Crippen LogP contribution in [0.15, 0.2) is 22.7 Å². The zero-order chi connectivity index (χ0) is 13.0. The van der Waals surface area contributed by atoms with Crippen molar-refractivity contribution in [1.82, 2.24) is 5.32 Å². The number of hydrogen-bond acceptors (Lipinski definition) is 1. The van der Waals surface area contributed by atoms with Gasteiger partial charge in [-0.1, -0.05) is 41.8 Å². The zero-order valence-electron chi connectivity index (χ0n) is 10.9. The molecule has 1 aromatic rings. The molecular formula is C15H21BrFN. The molecule has 3 heteroatoms. The summed E-state index contributed by atoms with van der Waals surface area (Å²) < 4.78 is 14.0. The van der Waals surface area contributed by atoms with Crippen LogP contribution in [-0.2, 0) is 6.42 Å². The first-order valence-corrected chi connectivity index (χ1v) is 7.65. The van der Waals surface area contributed by atoms with Crippen LogP contribution in [0, 0.1) is 11.7 Å². The average molecular weight is 314 g/mol. The molecule has 2 unspecified atom stereocenters. The number of hydrogen-bond donors (Lipinski definition) is 1. The molecule has 1 aromatic carbocycles. The van der Waals surface area contributed by atoms with Crippen LogP contribution in [0.4, 0.5) is 4.39 Å². The Hall–Kier alpha value is -0.410. The Morgan fingerprint density at radius 2 is 2.22 bits per heavy atom. The van der Waals surface area contributed by atoms with E-state index in [1.807, 2.05) is 6.07 Å². The Labute approximate surface area is 117 Å². The smallest absolute Gasteiger partial charge is 0.124 e. The van der Waals surface area contributed by atoms with E-state index in [2.05, 4.69) is 28.2 Å². The third-order valence-electron chi connectivity index (χ3n) is 3.80. The second-order valence-electron chi connectivity index (χ2n) is 5.23. The summed E-state index contributed by atoms with van der Waals surface area (Å²) in [7, 11) is 0. The van der Waals surface area contributed by atoms with Gasteiger partial charge in [0.1, 0.15) is 5.82 Å². The third kappa shape index (κ3) is 3.79. The van der Waals surface area contributed by atoms with Gasteiger partial charge in [-0.2, -0.15) is 0 Å². The molecule has 0 heterocycles. The highest BCUT2D eigenvalue weighted by molar-refractivity contribution is 9.10. The topological polar surface area (TPSA) is 12.0 Å². The van der Waals surface area contributed by atoms with Gasteiger partial charge in [0.25, 0.3) is 0 Å². The minimum absolute atomic E-state index is 0.167. The van der Waals surface area contributed by atoms with Crippen molar-refractivity contribution in [2.24, 2.45) is 5.92 Å². The monoisotopic (exact) mass is 313 g/mol. The minimum Gasteiger partial charge on any atom is -0.314 e. The van der Waals surface area contributed by atoms with Crippen LogP contribution in [0.5, 0.6) is 0 Å². The molecule has 0 bridgehead atoms. The largest absolute Gasteiger partial charge is 0.314 e. The number of benzene rings is 1. The van der Waals surface area contributed by atoms with Crippen LogP contribution in [-0.4, -0.2) is 12.6 Å². The Bertz CT molecular complexity index is 392. The first-order valence-electron chi connectivity index (χ1n) is 6.86. The van der Waals surface area contributed by atoms with Crippen molar-refractivity contribution in [3.05, 3.63) is 34.1 Å². The van der Waals surface area contributed by atoms with Gasteiger partial charge in [-0.25, -0.2) is 4.39 Å². The summed E-state index contributed by atoms with van der Waals surface area (Å²) in [6, 6.07) is 5.72. The second kappa shape index (κ2) is 6.67. The maximum atomic E-state index is 13.0. The van der Waals surface area contributed by atoms with Crippen molar-refractivity contribution in [1.29, 1.82) is 0 Å². The predicted octanol–water partition coefficient (Wildman–Crippen LogP) is 4.30. The van der Waals surface area contributed by atoms with Crippen molar-refractivity contribution in [3.63, 3.8) is 0 Å². The van der Waals surface area contributed by atoms with Gasteiger partial charge in [0.15, 0.2) is 0 Å². The summed E-state index contributed by atoms with van der Waals surface area (Å²) in [6.07, 6.45) is 6.21. The average Bonchev–Trinajstić information content (AvgIpc) is 2.34. The molecule has 0 aliphatic heterocycles. The molecule has 2 rings (SSSR count). The molecule has 0 radical (unpaired) electrons. The van der Waals surface area contributed by atoms with Crippen molar-refractivity contribution in [3.8, 4) is 0 Å². The highest BCUT2D eigenvalue weighted by atomic mass is 79.9. The fraction of sp³-hybridized carbons (Fsp3) is 0.600. The Balaban J connectivity index is 1.96. The molecule has 1 fully saturated rings. The van der Waals surface area contributed by atoms with Crippen LogP contribution < -0.4 is 5.32 Å². The molecule has 1 saturated carbocycles. The van der Waals surface area contributed by atoms with E-state index in [0.717, 1.165) is 23.4 Å². The van der Waals surface area contributed by atoms with E-state index in [1.54, 1.807) is 12.1 Å². The number of rotatable bonds is 4. The first-order chi connectivity index (χ1) is 8.69. The Kier molecular flexibility index (Phi) is 5.19. The maximum absolute atomic E-state index is 13.0. The summed E-state index contributed by atoms with van der Waals surface area (Å²) in [5.41, 5.74) is 1.23. The quantitative estimate of drug-likeness (QED) is 0.874. The summed E-state index contributed by atoms with van der Waals surface area (Å²) >= 11 is 3.46. The van der Waals surface area contributed by atoms with Crippen molar-refractivity contribution >= 4 is 15.9 Å². The first kappa shape index (κ1) is 14.0. The van der Waals surface area contributed by atoms with Gasteiger partial charge in [0.05, 0.1) is 0 Å². The normalized spacial score (nSPS) is 24.2. The lowest BCUT2D eigenvalue weighted by Crippen LogP contribution is -2.34. The number of nitrogens with one attached hydrogen (secondary N) is 1. The summed E-state index contributed by atoms with van der Waals surface area (Å²) in [4.78, 5) is 0.